The van der Waals surface area contributed by atoms with Crippen LogP contribution in [0.3, 0.4) is 0 Å². The van der Waals surface area contributed by atoms with Gasteiger partial charge in [0.1, 0.15) is 17.4 Å². The van der Waals surface area contributed by atoms with Crippen molar-refractivity contribution in [2.75, 3.05) is 0 Å². The number of hydrogen-bond acceptors (Lipinski definition) is 8. The van der Waals surface area contributed by atoms with E-state index in [1.165, 1.54) is 35.5 Å². The summed E-state index contributed by atoms with van der Waals surface area (Å²) in [6, 6.07) is 9.47. The van der Waals surface area contributed by atoms with Crippen molar-refractivity contribution in [3.63, 3.8) is 0 Å². The van der Waals surface area contributed by atoms with E-state index in [0.29, 0.717) is 23.2 Å². The first kappa shape index (κ1) is 22.1. The second-order valence-corrected chi connectivity index (χ2v) is 10.3. The molecule has 1 saturated carbocycles. The van der Waals surface area contributed by atoms with Crippen LogP contribution >= 0.6 is 23.1 Å². The zero-order valence-electron chi connectivity index (χ0n) is 18.7. The molecule has 8 nitrogen and oxygen atoms in total. The Labute approximate surface area is 200 Å². The highest BCUT2D eigenvalue weighted by molar-refractivity contribution is 7.98. The predicted molar refractivity (Wildman–Crippen MR) is 129 cm³/mol. The topological polar surface area (TPSA) is 87.2 Å². The van der Waals surface area contributed by atoms with Crippen molar-refractivity contribution in [2.45, 2.75) is 62.5 Å². The highest BCUT2D eigenvalue weighted by Gasteiger charge is 2.21. The van der Waals surface area contributed by atoms with Crippen molar-refractivity contribution in [1.29, 1.82) is 0 Å². The number of thioether (sulfide) groups is 1. The van der Waals surface area contributed by atoms with Gasteiger partial charge in [0.2, 0.25) is 4.96 Å². The molecule has 33 heavy (non-hydrogen) atoms. The molecular formula is C23H26N6O2S2. The summed E-state index contributed by atoms with van der Waals surface area (Å²) >= 11 is 3.05. The van der Waals surface area contributed by atoms with Crippen LogP contribution in [0.4, 0.5) is 0 Å². The van der Waals surface area contributed by atoms with Crippen molar-refractivity contribution in [3.05, 3.63) is 62.8 Å². The van der Waals surface area contributed by atoms with Crippen LogP contribution in [0.15, 0.2) is 40.3 Å². The van der Waals surface area contributed by atoms with Crippen LogP contribution in [-0.2, 0) is 19.4 Å². The molecule has 1 fully saturated rings. The van der Waals surface area contributed by atoms with E-state index < -0.39 is 0 Å². The number of aromatic nitrogens is 6. The van der Waals surface area contributed by atoms with Gasteiger partial charge < -0.3 is 9.30 Å². The van der Waals surface area contributed by atoms with Gasteiger partial charge in [-0.2, -0.15) is 9.61 Å². The summed E-state index contributed by atoms with van der Waals surface area (Å²) in [6.07, 6.45) is 6.07. The fourth-order valence-electron chi connectivity index (χ4n) is 4.06. The zero-order valence-corrected chi connectivity index (χ0v) is 20.4. The van der Waals surface area contributed by atoms with Gasteiger partial charge in [-0.25, -0.2) is 4.98 Å². The minimum absolute atomic E-state index is 0.126. The maximum absolute atomic E-state index is 12.6. The standard InChI is InChI=1S/C23H26N6O2S2/c1-15-8-6-7-11-18(15)31-13-19-25-26-23(28(19)2)32-14-17-12-20(30)29-22(24-17)33-21(27-29)16-9-4-3-5-10-16/h6-8,11-12,16H,3-5,9-10,13-14H2,1-2H3. The van der Waals surface area contributed by atoms with E-state index in [0.717, 1.165) is 45.8 Å². The van der Waals surface area contributed by atoms with E-state index in [4.69, 9.17) is 9.72 Å². The summed E-state index contributed by atoms with van der Waals surface area (Å²) in [5, 5.41) is 14.9. The summed E-state index contributed by atoms with van der Waals surface area (Å²) in [4.78, 5) is 18.0. The van der Waals surface area contributed by atoms with Crippen LogP contribution in [0, 0.1) is 6.92 Å². The number of nitrogens with zero attached hydrogens (tertiary/aromatic N) is 6. The van der Waals surface area contributed by atoms with Crippen LogP contribution < -0.4 is 10.3 Å². The Kier molecular flexibility index (Phi) is 6.45. The molecule has 0 spiro atoms. The largest absolute Gasteiger partial charge is 0.485 e. The van der Waals surface area contributed by atoms with Crippen molar-refractivity contribution in [2.24, 2.45) is 7.05 Å². The predicted octanol–water partition coefficient (Wildman–Crippen LogP) is 4.51. The first-order valence-corrected chi connectivity index (χ1v) is 13.0. The Balaban J connectivity index is 1.27. The number of ether oxygens (including phenoxy) is 1. The third-order valence-corrected chi connectivity index (χ3v) is 8.12. The monoisotopic (exact) mass is 482 g/mol. The number of fused-ring (bicyclic) bond motifs is 1. The first-order chi connectivity index (χ1) is 16.1. The molecule has 4 aromatic rings. The number of benzene rings is 1. The number of hydrogen-bond donors (Lipinski definition) is 0. The highest BCUT2D eigenvalue weighted by Crippen LogP contribution is 2.34. The van der Waals surface area contributed by atoms with Gasteiger partial charge in [0, 0.05) is 24.8 Å². The van der Waals surface area contributed by atoms with Gasteiger partial charge in [-0.3, -0.25) is 4.79 Å². The lowest BCUT2D eigenvalue weighted by molar-refractivity contribution is 0.288. The summed E-state index contributed by atoms with van der Waals surface area (Å²) in [5.74, 6) is 2.57. The Morgan fingerprint density at radius 3 is 2.82 bits per heavy atom. The van der Waals surface area contributed by atoms with E-state index in [9.17, 15) is 4.79 Å². The van der Waals surface area contributed by atoms with Crippen LogP contribution in [0.5, 0.6) is 5.75 Å². The smallest absolute Gasteiger partial charge is 0.275 e. The van der Waals surface area contributed by atoms with E-state index in [1.807, 2.05) is 42.8 Å². The van der Waals surface area contributed by atoms with Gasteiger partial charge >= 0.3 is 0 Å². The molecule has 10 heteroatoms. The molecule has 0 saturated heterocycles. The summed E-state index contributed by atoms with van der Waals surface area (Å²) in [7, 11) is 1.92. The maximum atomic E-state index is 12.6. The zero-order chi connectivity index (χ0) is 22.8. The van der Waals surface area contributed by atoms with Crippen LogP contribution in [0.1, 0.15) is 60.1 Å². The van der Waals surface area contributed by atoms with Crippen LogP contribution in [0.2, 0.25) is 0 Å². The third kappa shape index (κ3) is 4.81. The number of aryl methyl sites for hydroxylation is 1. The second kappa shape index (κ2) is 9.64. The summed E-state index contributed by atoms with van der Waals surface area (Å²) in [6.45, 7) is 2.35. The molecule has 0 amide bonds. The molecule has 1 aliphatic rings. The van der Waals surface area contributed by atoms with Crippen molar-refractivity contribution in [3.8, 4) is 5.75 Å². The van der Waals surface area contributed by atoms with Crippen molar-refractivity contribution in [1.82, 2.24) is 29.4 Å². The maximum Gasteiger partial charge on any atom is 0.275 e. The molecular weight excluding hydrogens is 456 g/mol. The molecule has 0 radical (unpaired) electrons. The first-order valence-electron chi connectivity index (χ1n) is 11.2. The minimum atomic E-state index is -0.126. The van der Waals surface area contributed by atoms with Crippen LogP contribution in [0.25, 0.3) is 4.96 Å². The van der Waals surface area contributed by atoms with Gasteiger partial charge in [-0.05, 0) is 31.4 Å². The molecule has 3 heterocycles. The summed E-state index contributed by atoms with van der Waals surface area (Å²) in [5.41, 5.74) is 1.68. The average Bonchev–Trinajstić information content (AvgIpc) is 3.42. The fraction of sp³-hybridized carbons (Fsp3) is 0.435. The van der Waals surface area contributed by atoms with E-state index >= 15 is 0 Å². The molecule has 0 unspecified atom stereocenters. The fourth-order valence-corrected chi connectivity index (χ4v) is 5.97. The van der Waals surface area contributed by atoms with Gasteiger partial charge in [0.05, 0.1) is 5.69 Å². The Morgan fingerprint density at radius 2 is 2.00 bits per heavy atom. The quantitative estimate of drug-likeness (QED) is 0.358. The molecule has 0 N–H and O–H groups in total. The molecule has 5 rings (SSSR count). The Bertz CT molecular complexity index is 1320. The average molecular weight is 483 g/mol. The van der Waals surface area contributed by atoms with E-state index in [-0.39, 0.29) is 5.56 Å². The lowest BCUT2D eigenvalue weighted by Gasteiger charge is -2.18. The third-order valence-electron chi connectivity index (χ3n) is 5.99. The molecule has 0 atom stereocenters. The molecule has 0 bridgehead atoms. The Hall–Kier alpha value is -2.72. The van der Waals surface area contributed by atoms with Crippen molar-refractivity contribution >= 4 is 28.1 Å². The lowest BCUT2D eigenvalue weighted by atomic mass is 9.90. The number of para-hydroxylation sites is 1. The molecule has 172 valence electrons. The van der Waals surface area contributed by atoms with E-state index in [1.54, 1.807) is 17.4 Å². The van der Waals surface area contributed by atoms with Crippen LogP contribution in [-0.4, -0.2) is 29.4 Å². The number of rotatable bonds is 7. The van der Waals surface area contributed by atoms with Gasteiger partial charge in [0.15, 0.2) is 11.0 Å². The van der Waals surface area contributed by atoms with E-state index in [2.05, 4.69) is 15.3 Å². The van der Waals surface area contributed by atoms with Gasteiger partial charge in [0.25, 0.3) is 5.56 Å². The lowest BCUT2D eigenvalue weighted by Crippen LogP contribution is -2.16. The normalized spacial score (nSPS) is 14.7. The highest BCUT2D eigenvalue weighted by atomic mass is 32.2. The second-order valence-electron chi connectivity index (χ2n) is 8.36. The van der Waals surface area contributed by atoms with Gasteiger partial charge in [-0.15, -0.1) is 10.2 Å². The Morgan fingerprint density at radius 1 is 1.18 bits per heavy atom. The SMILES string of the molecule is Cc1ccccc1OCc1nnc(SCc2cc(=O)n3nc(C4CCCCC4)sc3n2)n1C. The molecule has 1 aliphatic carbocycles. The minimum Gasteiger partial charge on any atom is -0.485 e. The molecule has 0 aliphatic heterocycles. The van der Waals surface area contributed by atoms with Gasteiger partial charge in [-0.1, -0.05) is 60.6 Å². The summed E-state index contributed by atoms with van der Waals surface area (Å²) < 4.78 is 9.27. The molecule has 1 aromatic carbocycles. The molecule has 3 aromatic heterocycles. The van der Waals surface area contributed by atoms with Crippen molar-refractivity contribution < 1.29 is 4.74 Å².